The molecule has 0 spiro atoms. The number of hydrogen-bond donors (Lipinski definition) is 2. The standard InChI is InChI=1S/C10H16N4O3S/c1-18(16,17)13-7-10(15)3-6-14(8-10)9-11-4-2-5-12-9/h2,4-5,13,15H,3,6-8H2,1H3/t10-/m1/s1. The van der Waals surface area contributed by atoms with Gasteiger partial charge in [-0.3, -0.25) is 0 Å². The van der Waals surface area contributed by atoms with Crippen LogP contribution in [0.2, 0.25) is 0 Å². The van der Waals surface area contributed by atoms with Crippen LogP contribution in [-0.2, 0) is 10.0 Å². The number of β-amino-alcohol motifs (C(OH)–C–C–N with tert-alkyl or cyclic N) is 1. The first kappa shape index (κ1) is 13.2. The number of aliphatic hydroxyl groups is 1. The Labute approximate surface area is 106 Å². The Morgan fingerprint density at radius 2 is 2.17 bits per heavy atom. The van der Waals surface area contributed by atoms with Crippen LogP contribution in [0.25, 0.3) is 0 Å². The minimum absolute atomic E-state index is 0.00909. The summed E-state index contributed by atoms with van der Waals surface area (Å²) in [5.41, 5.74) is -1.07. The first-order chi connectivity index (χ1) is 8.38. The van der Waals surface area contributed by atoms with Crippen LogP contribution < -0.4 is 9.62 Å². The largest absolute Gasteiger partial charge is 0.387 e. The molecule has 8 heteroatoms. The Bertz CT molecular complexity index is 507. The van der Waals surface area contributed by atoms with Gasteiger partial charge >= 0.3 is 0 Å². The molecule has 2 heterocycles. The SMILES string of the molecule is CS(=O)(=O)NC[C@]1(O)CCN(c2ncccn2)C1. The van der Waals surface area contributed by atoms with Gasteiger partial charge in [-0.05, 0) is 12.5 Å². The van der Waals surface area contributed by atoms with Gasteiger partial charge in [0.25, 0.3) is 0 Å². The van der Waals surface area contributed by atoms with Crippen molar-refractivity contribution in [3.63, 3.8) is 0 Å². The average Bonchev–Trinajstić information content (AvgIpc) is 2.71. The predicted octanol–water partition coefficient (Wildman–Crippen LogP) is -1.03. The highest BCUT2D eigenvalue weighted by Crippen LogP contribution is 2.23. The highest BCUT2D eigenvalue weighted by Gasteiger charge is 2.37. The molecule has 1 aromatic rings. The number of nitrogens with zero attached hydrogens (tertiary/aromatic N) is 3. The van der Waals surface area contributed by atoms with E-state index in [4.69, 9.17) is 0 Å². The maximum absolute atomic E-state index is 11.0. The second-order valence-corrected chi connectivity index (χ2v) is 6.37. The summed E-state index contributed by atoms with van der Waals surface area (Å²) in [6.07, 6.45) is 4.82. The first-order valence-electron chi connectivity index (χ1n) is 5.57. The molecule has 0 saturated carbocycles. The Balaban J connectivity index is 1.99. The van der Waals surface area contributed by atoms with Gasteiger partial charge in [0.2, 0.25) is 16.0 Å². The van der Waals surface area contributed by atoms with E-state index >= 15 is 0 Å². The number of rotatable bonds is 4. The minimum atomic E-state index is -3.29. The van der Waals surface area contributed by atoms with E-state index in [-0.39, 0.29) is 6.54 Å². The zero-order valence-electron chi connectivity index (χ0n) is 10.1. The fourth-order valence-corrected chi connectivity index (χ4v) is 2.42. The van der Waals surface area contributed by atoms with E-state index in [1.807, 2.05) is 4.90 Å². The molecule has 0 aromatic carbocycles. The average molecular weight is 272 g/mol. The molecule has 18 heavy (non-hydrogen) atoms. The summed E-state index contributed by atoms with van der Waals surface area (Å²) >= 11 is 0. The molecule has 0 amide bonds. The molecule has 1 fully saturated rings. The third-order valence-corrected chi connectivity index (χ3v) is 3.50. The monoisotopic (exact) mass is 272 g/mol. The normalized spacial score (nSPS) is 24.4. The van der Waals surface area contributed by atoms with Gasteiger partial charge in [-0.25, -0.2) is 23.1 Å². The predicted molar refractivity (Wildman–Crippen MR) is 66.7 cm³/mol. The highest BCUT2D eigenvalue weighted by atomic mass is 32.2. The van der Waals surface area contributed by atoms with Crippen LogP contribution in [0, 0.1) is 0 Å². The van der Waals surface area contributed by atoms with Gasteiger partial charge in [-0.2, -0.15) is 0 Å². The molecule has 0 radical (unpaired) electrons. The van der Waals surface area contributed by atoms with Crippen LogP contribution in [-0.4, -0.2) is 55.0 Å². The van der Waals surface area contributed by atoms with E-state index in [1.54, 1.807) is 18.5 Å². The number of sulfonamides is 1. The second kappa shape index (κ2) is 4.79. The Hall–Kier alpha value is -1.25. The number of anilines is 1. The minimum Gasteiger partial charge on any atom is -0.387 e. The second-order valence-electron chi connectivity index (χ2n) is 4.54. The van der Waals surface area contributed by atoms with Crippen LogP contribution in [0.4, 0.5) is 5.95 Å². The van der Waals surface area contributed by atoms with Crippen molar-refractivity contribution in [2.24, 2.45) is 0 Å². The van der Waals surface area contributed by atoms with Gasteiger partial charge in [0.05, 0.1) is 18.4 Å². The van der Waals surface area contributed by atoms with E-state index < -0.39 is 15.6 Å². The zero-order valence-corrected chi connectivity index (χ0v) is 10.9. The summed E-state index contributed by atoms with van der Waals surface area (Å²) in [7, 11) is -3.29. The summed E-state index contributed by atoms with van der Waals surface area (Å²) in [6, 6.07) is 1.72. The molecule has 0 unspecified atom stereocenters. The smallest absolute Gasteiger partial charge is 0.225 e. The van der Waals surface area contributed by atoms with Crippen molar-refractivity contribution < 1.29 is 13.5 Å². The van der Waals surface area contributed by atoms with Crippen molar-refractivity contribution >= 4 is 16.0 Å². The van der Waals surface area contributed by atoms with Gasteiger partial charge in [0.1, 0.15) is 0 Å². The van der Waals surface area contributed by atoms with Crippen molar-refractivity contribution in [2.45, 2.75) is 12.0 Å². The molecule has 1 saturated heterocycles. The Kier molecular flexibility index (Phi) is 3.51. The zero-order chi connectivity index (χ0) is 13.2. The maximum atomic E-state index is 11.0. The highest BCUT2D eigenvalue weighted by molar-refractivity contribution is 7.88. The van der Waals surface area contributed by atoms with Gasteiger partial charge in [0, 0.05) is 25.5 Å². The fourth-order valence-electron chi connectivity index (χ4n) is 1.89. The molecule has 0 aliphatic carbocycles. The third-order valence-electron chi connectivity index (χ3n) is 2.83. The van der Waals surface area contributed by atoms with Crippen molar-refractivity contribution in [3.8, 4) is 0 Å². The lowest BCUT2D eigenvalue weighted by atomic mass is 10.0. The molecule has 1 atom stereocenters. The lowest BCUT2D eigenvalue weighted by molar-refractivity contribution is 0.0685. The fraction of sp³-hybridized carbons (Fsp3) is 0.600. The van der Waals surface area contributed by atoms with E-state index in [0.29, 0.717) is 25.5 Å². The van der Waals surface area contributed by atoms with E-state index in [2.05, 4.69) is 14.7 Å². The lowest BCUT2D eigenvalue weighted by Crippen LogP contribution is -2.44. The summed E-state index contributed by atoms with van der Waals surface area (Å²) in [5.74, 6) is 0.549. The Morgan fingerprint density at radius 1 is 1.50 bits per heavy atom. The van der Waals surface area contributed by atoms with Gasteiger partial charge in [0.15, 0.2) is 0 Å². The molecular formula is C10H16N4O3S. The van der Waals surface area contributed by atoms with Gasteiger partial charge in [-0.1, -0.05) is 0 Å². The molecule has 100 valence electrons. The van der Waals surface area contributed by atoms with Crippen molar-refractivity contribution in [1.82, 2.24) is 14.7 Å². The van der Waals surface area contributed by atoms with Crippen molar-refractivity contribution in [1.29, 1.82) is 0 Å². The van der Waals surface area contributed by atoms with E-state index in [0.717, 1.165) is 6.26 Å². The summed E-state index contributed by atoms with van der Waals surface area (Å²) in [4.78, 5) is 10.0. The van der Waals surface area contributed by atoms with Crippen molar-refractivity contribution in [3.05, 3.63) is 18.5 Å². The van der Waals surface area contributed by atoms with Crippen LogP contribution >= 0.6 is 0 Å². The number of nitrogens with one attached hydrogen (secondary N) is 1. The topological polar surface area (TPSA) is 95.4 Å². The van der Waals surface area contributed by atoms with Gasteiger partial charge < -0.3 is 10.0 Å². The van der Waals surface area contributed by atoms with E-state index in [1.165, 1.54) is 0 Å². The van der Waals surface area contributed by atoms with Crippen LogP contribution in [0.15, 0.2) is 18.5 Å². The van der Waals surface area contributed by atoms with Crippen LogP contribution in [0.3, 0.4) is 0 Å². The number of aromatic nitrogens is 2. The third kappa shape index (κ3) is 3.37. The number of hydrogen-bond acceptors (Lipinski definition) is 6. The van der Waals surface area contributed by atoms with Crippen LogP contribution in [0.5, 0.6) is 0 Å². The van der Waals surface area contributed by atoms with E-state index in [9.17, 15) is 13.5 Å². The molecule has 2 N–H and O–H groups in total. The molecular weight excluding hydrogens is 256 g/mol. The molecule has 1 aliphatic rings. The van der Waals surface area contributed by atoms with Gasteiger partial charge in [-0.15, -0.1) is 0 Å². The summed E-state index contributed by atoms with van der Waals surface area (Å²) in [5, 5.41) is 10.3. The molecule has 0 bridgehead atoms. The molecule has 2 rings (SSSR count). The maximum Gasteiger partial charge on any atom is 0.225 e. The van der Waals surface area contributed by atoms with Crippen molar-refractivity contribution in [2.75, 3.05) is 30.8 Å². The summed E-state index contributed by atoms with van der Waals surface area (Å²) in [6.45, 7) is 0.931. The molecule has 7 nitrogen and oxygen atoms in total. The molecule has 1 aliphatic heterocycles. The first-order valence-corrected chi connectivity index (χ1v) is 7.46. The Morgan fingerprint density at radius 3 is 2.78 bits per heavy atom. The quantitative estimate of drug-likeness (QED) is 0.727. The van der Waals surface area contributed by atoms with Crippen LogP contribution in [0.1, 0.15) is 6.42 Å². The molecule has 1 aromatic heterocycles. The lowest BCUT2D eigenvalue weighted by Gasteiger charge is -2.23. The summed E-state index contributed by atoms with van der Waals surface area (Å²) < 4.78 is 24.4.